The molecule has 176 valence electrons. The number of carbonyl (C=O) groups is 2. The van der Waals surface area contributed by atoms with Crippen LogP contribution in [-0.2, 0) is 28.2 Å². The molecule has 3 aromatic rings. The summed E-state index contributed by atoms with van der Waals surface area (Å²) in [5, 5.41) is 24.7. The Labute approximate surface area is 209 Å². The van der Waals surface area contributed by atoms with Crippen LogP contribution in [0.25, 0.3) is 0 Å². The molecule has 4 rings (SSSR count). The summed E-state index contributed by atoms with van der Waals surface area (Å²) in [4.78, 5) is 28.6. The second-order valence-electron chi connectivity index (χ2n) is 7.30. The lowest BCUT2D eigenvalue weighted by Crippen LogP contribution is -2.16. The topological polar surface area (TPSA) is 122 Å². The van der Waals surface area contributed by atoms with Gasteiger partial charge >= 0.3 is 0 Å². The fourth-order valence-electron chi connectivity index (χ4n) is 3.03. The summed E-state index contributed by atoms with van der Waals surface area (Å²) in [6.45, 7) is 0.737. The van der Waals surface area contributed by atoms with Gasteiger partial charge in [0, 0.05) is 30.2 Å². The van der Waals surface area contributed by atoms with Crippen molar-refractivity contribution in [2.75, 3.05) is 22.9 Å². The Hall–Kier alpha value is -2.96. The predicted octanol–water partition coefficient (Wildman–Crippen LogP) is 3.78. The summed E-state index contributed by atoms with van der Waals surface area (Å²) < 4.78 is 0. The van der Waals surface area contributed by atoms with Crippen LogP contribution >= 0.6 is 34.4 Å². The van der Waals surface area contributed by atoms with E-state index in [4.69, 9.17) is 0 Å². The molecule has 0 atom stereocenters. The van der Waals surface area contributed by atoms with Crippen molar-refractivity contribution in [3.63, 3.8) is 0 Å². The Balaban J connectivity index is 1.14. The van der Waals surface area contributed by atoms with Gasteiger partial charge in [-0.05, 0) is 18.1 Å². The van der Waals surface area contributed by atoms with Crippen molar-refractivity contribution in [1.29, 1.82) is 0 Å². The van der Waals surface area contributed by atoms with Crippen LogP contribution in [0.3, 0.4) is 0 Å². The van der Waals surface area contributed by atoms with Crippen LogP contribution in [0, 0.1) is 0 Å². The fourth-order valence-corrected chi connectivity index (χ4v) is 5.66. The largest absolute Gasteiger partial charge is 0.300 e. The predicted molar refractivity (Wildman–Crippen MR) is 138 cm³/mol. The Morgan fingerprint density at radius 2 is 1.62 bits per heavy atom. The van der Waals surface area contributed by atoms with Crippen LogP contribution in [0.15, 0.2) is 47.5 Å². The van der Waals surface area contributed by atoms with Crippen LogP contribution in [-0.4, -0.2) is 50.2 Å². The van der Waals surface area contributed by atoms with Gasteiger partial charge in [0.1, 0.15) is 10.0 Å². The van der Waals surface area contributed by atoms with Crippen molar-refractivity contribution in [3.05, 3.63) is 58.1 Å². The van der Waals surface area contributed by atoms with E-state index in [1.54, 1.807) is 11.8 Å². The third-order valence-corrected chi connectivity index (χ3v) is 7.47. The number of nitrogens with one attached hydrogen (secondary N) is 2. The number of allylic oxidation sites excluding steroid dienone is 1. The van der Waals surface area contributed by atoms with Crippen molar-refractivity contribution < 1.29 is 9.59 Å². The number of thioether (sulfide) groups is 1. The maximum Gasteiger partial charge on any atom is 0.232 e. The Bertz CT molecular complexity index is 1170. The average Bonchev–Trinajstić information content (AvgIpc) is 3.47. The highest BCUT2D eigenvalue weighted by atomic mass is 32.2. The van der Waals surface area contributed by atoms with E-state index in [1.165, 1.54) is 22.7 Å². The minimum atomic E-state index is -0.136. The van der Waals surface area contributed by atoms with Crippen LogP contribution < -0.4 is 10.6 Å². The van der Waals surface area contributed by atoms with E-state index in [-0.39, 0.29) is 18.2 Å². The molecule has 2 aromatic heterocycles. The Morgan fingerprint density at radius 3 is 2.35 bits per heavy atom. The highest BCUT2D eigenvalue weighted by molar-refractivity contribution is 7.98. The van der Waals surface area contributed by atoms with E-state index in [1.807, 2.05) is 42.5 Å². The lowest BCUT2D eigenvalue weighted by molar-refractivity contribution is -0.116. The molecule has 0 bridgehead atoms. The molecule has 0 saturated carbocycles. The van der Waals surface area contributed by atoms with Gasteiger partial charge in [0.2, 0.25) is 22.1 Å². The Morgan fingerprint density at radius 1 is 0.912 bits per heavy atom. The first-order chi connectivity index (χ1) is 16.6. The smallest absolute Gasteiger partial charge is 0.232 e. The molecule has 2 N–H and O–H groups in total. The van der Waals surface area contributed by atoms with Gasteiger partial charge in [-0.2, -0.15) is 11.8 Å². The fraction of sp³-hybridized carbons (Fsp3) is 0.318. The maximum absolute atomic E-state index is 12.2. The van der Waals surface area contributed by atoms with Crippen LogP contribution in [0.4, 0.5) is 10.3 Å². The summed E-state index contributed by atoms with van der Waals surface area (Å²) in [6.07, 6.45) is 6.15. The minimum absolute atomic E-state index is 0.106. The maximum atomic E-state index is 12.2. The van der Waals surface area contributed by atoms with E-state index < -0.39 is 0 Å². The van der Waals surface area contributed by atoms with Crippen molar-refractivity contribution >= 4 is 62.2 Å². The zero-order valence-corrected chi connectivity index (χ0v) is 20.7. The molecular weight excluding hydrogens is 490 g/mol. The standard InChI is InChI=1S/C22H23N7O2S3/c30-17(12-15-6-2-1-3-7-15)24-21-28-26-19(33-21)9-11-32-14-20-27-29-22(34-20)25-18(31)13-16-8-4-5-10-23-16/h1-4,6-8H,5,9-14H2,(H,24,28,30)(H,25,29,31). The van der Waals surface area contributed by atoms with E-state index >= 15 is 0 Å². The van der Waals surface area contributed by atoms with Gasteiger partial charge in [0.05, 0.1) is 12.8 Å². The third-order valence-electron chi connectivity index (χ3n) is 4.58. The number of nitrogens with zero attached hydrogens (tertiary/aromatic N) is 5. The number of anilines is 2. The highest BCUT2D eigenvalue weighted by Crippen LogP contribution is 2.22. The van der Waals surface area contributed by atoms with E-state index in [9.17, 15) is 9.59 Å². The second kappa shape index (κ2) is 12.5. The van der Waals surface area contributed by atoms with Crippen molar-refractivity contribution in [2.24, 2.45) is 4.99 Å². The van der Waals surface area contributed by atoms with Gasteiger partial charge in [0.25, 0.3) is 0 Å². The zero-order chi connectivity index (χ0) is 23.6. The van der Waals surface area contributed by atoms with E-state index in [0.29, 0.717) is 22.4 Å². The highest BCUT2D eigenvalue weighted by Gasteiger charge is 2.12. The average molecular weight is 514 g/mol. The third kappa shape index (κ3) is 7.82. The van der Waals surface area contributed by atoms with E-state index in [0.717, 1.165) is 46.4 Å². The molecule has 0 aliphatic carbocycles. The minimum Gasteiger partial charge on any atom is -0.300 e. The molecule has 0 saturated heterocycles. The van der Waals surface area contributed by atoms with Crippen LogP contribution in [0.5, 0.6) is 0 Å². The number of rotatable bonds is 11. The van der Waals surface area contributed by atoms with Crippen molar-refractivity contribution in [1.82, 2.24) is 20.4 Å². The quantitative estimate of drug-likeness (QED) is 0.374. The number of benzene rings is 1. The lowest BCUT2D eigenvalue weighted by atomic mass is 10.1. The van der Waals surface area contributed by atoms with Gasteiger partial charge in [0.15, 0.2) is 0 Å². The van der Waals surface area contributed by atoms with Crippen molar-refractivity contribution in [2.45, 2.75) is 31.4 Å². The summed E-state index contributed by atoms with van der Waals surface area (Å²) in [5.74, 6) is 1.29. The number of aliphatic imine (C=N–C) groups is 1. The summed E-state index contributed by atoms with van der Waals surface area (Å²) in [6, 6.07) is 9.58. The van der Waals surface area contributed by atoms with Crippen LogP contribution in [0.1, 0.15) is 28.4 Å². The molecule has 9 nitrogen and oxygen atoms in total. The Kier molecular flexibility index (Phi) is 8.88. The molecule has 2 amide bonds. The lowest BCUT2D eigenvalue weighted by Gasteiger charge is -2.05. The van der Waals surface area contributed by atoms with Gasteiger partial charge in [-0.25, -0.2) is 0 Å². The van der Waals surface area contributed by atoms with E-state index in [2.05, 4.69) is 36.0 Å². The van der Waals surface area contributed by atoms with Crippen LogP contribution in [0.2, 0.25) is 0 Å². The molecule has 1 aliphatic heterocycles. The zero-order valence-electron chi connectivity index (χ0n) is 18.3. The molecule has 0 spiro atoms. The first kappa shape index (κ1) is 24.2. The molecule has 0 unspecified atom stereocenters. The summed E-state index contributed by atoms with van der Waals surface area (Å²) in [5.41, 5.74) is 1.75. The van der Waals surface area contributed by atoms with Gasteiger partial charge in [-0.3, -0.25) is 14.6 Å². The first-order valence-corrected chi connectivity index (χ1v) is 13.5. The number of amides is 2. The summed E-state index contributed by atoms with van der Waals surface area (Å²) in [7, 11) is 0. The summed E-state index contributed by atoms with van der Waals surface area (Å²) >= 11 is 4.47. The number of aromatic nitrogens is 4. The molecule has 3 heterocycles. The molecule has 1 aliphatic rings. The van der Waals surface area contributed by atoms with Gasteiger partial charge in [-0.1, -0.05) is 59.1 Å². The number of carbonyl (C=O) groups excluding carboxylic acids is 2. The molecule has 12 heteroatoms. The molecule has 1 aromatic carbocycles. The molecule has 34 heavy (non-hydrogen) atoms. The monoisotopic (exact) mass is 513 g/mol. The van der Waals surface area contributed by atoms with Gasteiger partial charge < -0.3 is 10.6 Å². The second-order valence-corrected chi connectivity index (χ2v) is 10.5. The SMILES string of the molecule is O=C(Cc1ccccc1)Nc1nnc(CCSCc2nnc(NC(=O)CC3=NCCC=C3)s2)s1. The normalized spacial score (nSPS) is 12.9. The number of dihydropyridines is 1. The molecule has 0 radical (unpaired) electrons. The molecular formula is C22H23N7O2S3. The first-order valence-electron chi connectivity index (χ1n) is 10.7. The van der Waals surface area contributed by atoms with Gasteiger partial charge in [-0.15, -0.1) is 20.4 Å². The molecule has 0 fully saturated rings. The van der Waals surface area contributed by atoms with Crippen molar-refractivity contribution in [3.8, 4) is 0 Å². The number of hydrogen-bond donors (Lipinski definition) is 2. The number of hydrogen-bond acceptors (Lipinski definition) is 10. The number of aryl methyl sites for hydroxylation is 1.